The summed E-state index contributed by atoms with van der Waals surface area (Å²) in [5.41, 5.74) is 4.58. The van der Waals surface area contributed by atoms with Gasteiger partial charge >= 0.3 is 0 Å². The van der Waals surface area contributed by atoms with Crippen molar-refractivity contribution >= 4 is 68.0 Å². The van der Waals surface area contributed by atoms with Crippen LogP contribution in [-0.2, 0) is 24.2 Å². The van der Waals surface area contributed by atoms with Gasteiger partial charge in [-0.25, -0.2) is 18.4 Å². The first-order chi connectivity index (χ1) is 33.3. The largest absolute Gasteiger partial charge is 0.391 e. The molecule has 5 atom stereocenters. The predicted molar refractivity (Wildman–Crippen MR) is 280 cm³/mol. The lowest BCUT2D eigenvalue weighted by Gasteiger charge is -2.35. The molecular weight excluding hydrogens is 946 g/mol. The minimum absolute atomic E-state index is 0.0308. The zero-order chi connectivity index (χ0) is 50.6. The number of aliphatic hydroxyl groups excluding tert-OH is 1. The minimum Gasteiger partial charge on any atom is -0.391 e. The fourth-order valence-corrected chi connectivity index (χ4v) is 11.4. The minimum atomic E-state index is -3.53. The molecule has 2 aromatic heterocycles. The van der Waals surface area contributed by atoms with Gasteiger partial charge in [0.15, 0.2) is 15.7 Å². The SMILES string of the molecule is Cc1ncsc1-c1ccc(C(C)NC(=O)[C@@H]2C[C@@H](O)CN2C(=O)C(NC(=O)CCCCCCCCCCN2CCC[C@@H](Nc3ncc(Cl)c(Nc4ccccc4S(=O)(=O)C(C)C)n3)C2)C(C)(C)C)cc1. The highest BCUT2D eigenvalue weighted by molar-refractivity contribution is 7.92. The van der Waals surface area contributed by atoms with Gasteiger partial charge in [-0.1, -0.05) is 107 Å². The molecule has 2 saturated heterocycles. The van der Waals surface area contributed by atoms with Crippen LogP contribution in [-0.4, -0.2) is 112 Å². The Bertz CT molecular complexity index is 2480. The Balaban J connectivity index is 0.862. The number of carbonyl (C=O) groups excluding carboxylic acids is 3. The van der Waals surface area contributed by atoms with E-state index in [0.29, 0.717) is 28.9 Å². The number of aliphatic hydroxyl groups is 1. The number of halogens is 1. The average molecular weight is 1020 g/mol. The van der Waals surface area contributed by atoms with Crippen LogP contribution in [0.4, 0.5) is 17.5 Å². The normalized spacial score (nSPS) is 18.7. The number of hydrogen-bond acceptors (Lipinski definition) is 13. The number of aromatic nitrogens is 3. The van der Waals surface area contributed by atoms with Crippen molar-refractivity contribution in [3.05, 3.63) is 76.5 Å². The molecule has 0 spiro atoms. The Morgan fingerprint density at radius 2 is 1.60 bits per heavy atom. The van der Waals surface area contributed by atoms with Gasteiger partial charge in [0.2, 0.25) is 23.7 Å². The highest BCUT2D eigenvalue weighted by Gasteiger charge is 2.44. The molecule has 2 fully saturated rings. The maximum absolute atomic E-state index is 14.1. The molecule has 5 N–H and O–H groups in total. The lowest BCUT2D eigenvalue weighted by atomic mass is 9.85. The first-order valence-electron chi connectivity index (χ1n) is 25.0. The Morgan fingerprint density at radius 3 is 2.27 bits per heavy atom. The van der Waals surface area contributed by atoms with Crippen LogP contribution < -0.4 is 21.3 Å². The maximum Gasteiger partial charge on any atom is 0.246 e. The van der Waals surface area contributed by atoms with E-state index in [1.54, 1.807) is 49.4 Å². The van der Waals surface area contributed by atoms with E-state index in [4.69, 9.17) is 11.6 Å². The fraction of sp³-hybridized carbons (Fsp3) is 0.577. The van der Waals surface area contributed by atoms with Gasteiger partial charge < -0.3 is 36.2 Å². The third-order valence-corrected chi connectivity index (χ3v) is 16.8. The Kier molecular flexibility index (Phi) is 19.6. The topological polar surface area (TPSA) is 199 Å². The molecule has 0 bridgehead atoms. The van der Waals surface area contributed by atoms with Crippen LogP contribution in [0.2, 0.25) is 5.02 Å². The molecule has 382 valence electrons. The first kappa shape index (κ1) is 54.6. The number of para-hydroxylation sites is 1. The van der Waals surface area contributed by atoms with Crippen LogP contribution >= 0.6 is 22.9 Å². The van der Waals surface area contributed by atoms with E-state index in [1.165, 1.54) is 11.1 Å². The number of hydrogen-bond donors (Lipinski definition) is 5. The second-order valence-corrected chi connectivity index (χ2v) is 24.1. The molecule has 4 heterocycles. The molecule has 3 amide bonds. The number of sulfone groups is 1. The van der Waals surface area contributed by atoms with Crippen LogP contribution in [0.5, 0.6) is 0 Å². The summed E-state index contributed by atoms with van der Waals surface area (Å²) in [6.07, 6.45) is 11.6. The van der Waals surface area contributed by atoms with E-state index >= 15 is 0 Å². The number of carbonyl (C=O) groups is 3. The Labute approximate surface area is 424 Å². The van der Waals surface area contributed by atoms with E-state index < -0.39 is 38.7 Å². The summed E-state index contributed by atoms with van der Waals surface area (Å²) in [6.45, 7) is 15.9. The van der Waals surface area contributed by atoms with Crippen molar-refractivity contribution < 1.29 is 27.9 Å². The number of nitrogens with zero attached hydrogens (tertiary/aromatic N) is 5. The quantitative estimate of drug-likeness (QED) is 0.0442. The first-order valence-corrected chi connectivity index (χ1v) is 27.8. The van der Waals surface area contributed by atoms with Crippen molar-refractivity contribution in [1.29, 1.82) is 0 Å². The van der Waals surface area contributed by atoms with Gasteiger partial charge in [0.05, 0.1) is 50.3 Å². The third-order valence-electron chi connectivity index (χ3n) is 13.3. The van der Waals surface area contributed by atoms with Gasteiger partial charge in [0, 0.05) is 32.0 Å². The number of piperidine rings is 1. The smallest absolute Gasteiger partial charge is 0.246 e. The van der Waals surface area contributed by atoms with Crippen molar-refractivity contribution in [1.82, 2.24) is 35.4 Å². The van der Waals surface area contributed by atoms with Crippen molar-refractivity contribution in [3.8, 4) is 10.4 Å². The monoisotopic (exact) mass is 1020 g/mol. The molecule has 6 rings (SSSR count). The molecule has 0 saturated carbocycles. The highest BCUT2D eigenvalue weighted by atomic mass is 35.5. The summed E-state index contributed by atoms with van der Waals surface area (Å²) in [6, 6.07) is 12.9. The molecular formula is C52H74ClN9O6S2. The standard InChI is InChI=1S/C52H74ClN9O6S2/c1-34(2)70(67,68)44-21-16-15-20-42(44)58-48-41(53)30-54-51(60-48)57-39-19-18-28-61(31-39)27-17-13-11-9-8-10-12-14-22-45(64)59-47(52(5,6)7)50(66)62-32-40(63)29-43(62)49(65)56-35(3)37-23-25-38(26-24-37)46-36(4)55-33-69-46/h15-16,20-21,23-26,30,33-35,39-40,43,47,63H,8-14,17-19,22,27-29,31-32H2,1-7H3,(H,56,65)(H,59,64)(H2,54,57,58,60)/t35?,39-,40-,43+,47?/m1/s1. The molecule has 0 aliphatic carbocycles. The van der Waals surface area contributed by atoms with Crippen LogP contribution in [0.3, 0.4) is 0 Å². The lowest BCUT2D eigenvalue weighted by Crippen LogP contribution is -2.57. The molecule has 18 heteroatoms. The van der Waals surface area contributed by atoms with Gasteiger partial charge in [0.1, 0.15) is 17.1 Å². The second-order valence-electron chi connectivity index (χ2n) is 20.3. The summed E-state index contributed by atoms with van der Waals surface area (Å²) in [5, 5.41) is 23.0. The predicted octanol–water partition coefficient (Wildman–Crippen LogP) is 9.24. The average Bonchev–Trinajstić information content (AvgIpc) is 3.94. The number of aryl methyl sites for hydroxylation is 1. The van der Waals surface area contributed by atoms with Crippen LogP contribution in [0.25, 0.3) is 10.4 Å². The molecule has 15 nitrogen and oxygen atoms in total. The molecule has 0 radical (unpaired) electrons. The number of rotatable bonds is 23. The van der Waals surface area contributed by atoms with E-state index in [0.717, 1.165) is 106 Å². The van der Waals surface area contributed by atoms with Gasteiger partial charge in [-0.3, -0.25) is 14.4 Å². The summed E-state index contributed by atoms with van der Waals surface area (Å²) in [5.74, 6) is -0.0923. The zero-order valence-corrected chi connectivity index (χ0v) is 44.4. The number of likely N-dealkylation sites (tertiary alicyclic amines) is 2. The highest BCUT2D eigenvalue weighted by Crippen LogP contribution is 2.32. The van der Waals surface area contributed by atoms with E-state index in [9.17, 15) is 27.9 Å². The molecule has 4 aromatic rings. The number of thiazole rings is 1. The zero-order valence-electron chi connectivity index (χ0n) is 42.0. The number of nitrogens with one attached hydrogen (secondary N) is 4. The molecule has 70 heavy (non-hydrogen) atoms. The summed E-state index contributed by atoms with van der Waals surface area (Å²) in [7, 11) is -3.53. The maximum atomic E-state index is 14.1. The lowest BCUT2D eigenvalue weighted by molar-refractivity contribution is -0.144. The summed E-state index contributed by atoms with van der Waals surface area (Å²) in [4.78, 5) is 59.7. The van der Waals surface area contributed by atoms with Crippen LogP contribution in [0.15, 0.2) is 65.1 Å². The Morgan fingerprint density at radius 1 is 0.914 bits per heavy atom. The Hall–Kier alpha value is -4.68. The van der Waals surface area contributed by atoms with Crippen LogP contribution in [0.1, 0.15) is 136 Å². The van der Waals surface area contributed by atoms with Crippen molar-refractivity contribution in [2.24, 2.45) is 5.41 Å². The van der Waals surface area contributed by atoms with E-state index in [2.05, 4.69) is 41.1 Å². The summed E-state index contributed by atoms with van der Waals surface area (Å²) >= 11 is 8.05. The third kappa shape index (κ3) is 14.9. The number of unbranched alkanes of at least 4 members (excludes halogenated alkanes) is 7. The second kappa shape index (κ2) is 25.1. The van der Waals surface area contributed by atoms with Gasteiger partial charge in [-0.05, 0) is 95.1 Å². The van der Waals surface area contributed by atoms with Gasteiger partial charge in [0.25, 0.3) is 0 Å². The van der Waals surface area contributed by atoms with Crippen molar-refractivity contribution in [3.63, 3.8) is 0 Å². The van der Waals surface area contributed by atoms with Crippen LogP contribution in [0, 0.1) is 12.3 Å². The van der Waals surface area contributed by atoms with E-state index in [1.807, 2.05) is 64.4 Å². The number of benzene rings is 2. The van der Waals surface area contributed by atoms with E-state index in [-0.39, 0.29) is 47.7 Å². The number of β-amino-alcohol motifs (C(OH)–C–C–N with tert-alkyl or cyclic N) is 1. The van der Waals surface area contributed by atoms with Crippen molar-refractivity contribution in [2.45, 2.75) is 166 Å². The molecule has 2 aromatic carbocycles. The van der Waals surface area contributed by atoms with Crippen molar-refractivity contribution in [2.75, 3.05) is 36.8 Å². The van der Waals surface area contributed by atoms with Gasteiger partial charge in [-0.2, -0.15) is 4.98 Å². The molecule has 2 unspecified atom stereocenters. The van der Waals surface area contributed by atoms with Gasteiger partial charge in [-0.15, -0.1) is 11.3 Å². The molecule has 2 aliphatic heterocycles. The number of anilines is 3. The molecule has 2 aliphatic rings. The number of amides is 3. The fourth-order valence-electron chi connectivity index (χ4n) is 9.21. The summed E-state index contributed by atoms with van der Waals surface area (Å²) < 4.78 is 26.0.